The molecule has 0 bridgehead atoms. The first kappa shape index (κ1) is 12.6. The van der Waals surface area contributed by atoms with Gasteiger partial charge in [0.1, 0.15) is 5.52 Å². The second-order valence-corrected chi connectivity index (χ2v) is 4.81. The highest BCUT2D eigenvalue weighted by Crippen LogP contribution is 2.27. The van der Waals surface area contributed by atoms with E-state index < -0.39 is 0 Å². The topological polar surface area (TPSA) is 110 Å². The smallest absolute Gasteiger partial charge is 0.310 e. The number of H-pyrrole nitrogens is 1. The molecule has 2 aromatic heterocycles. The molecular formula is C12H16N6O2. The van der Waals surface area contributed by atoms with E-state index >= 15 is 0 Å². The number of ether oxygens (including phenoxy) is 1. The number of carbonyl (C=O) groups is 1. The molecule has 1 unspecified atom stereocenters. The van der Waals surface area contributed by atoms with Crippen molar-refractivity contribution < 1.29 is 9.53 Å². The maximum Gasteiger partial charge on any atom is 0.310 e. The molecule has 1 saturated heterocycles. The zero-order valence-electron chi connectivity index (χ0n) is 11.2. The predicted molar refractivity (Wildman–Crippen MR) is 73.0 cm³/mol. The van der Waals surface area contributed by atoms with Crippen LogP contribution in [0.5, 0.6) is 0 Å². The van der Waals surface area contributed by atoms with Crippen LogP contribution in [0.2, 0.25) is 0 Å². The number of aromatic amines is 1. The Morgan fingerprint density at radius 1 is 1.55 bits per heavy atom. The van der Waals surface area contributed by atoms with E-state index in [1.807, 2.05) is 4.90 Å². The number of fused-ring (bicyclic) bond motifs is 1. The lowest BCUT2D eigenvalue weighted by Gasteiger charge is -2.32. The summed E-state index contributed by atoms with van der Waals surface area (Å²) in [5, 5.41) is 0. The Morgan fingerprint density at radius 2 is 2.40 bits per heavy atom. The summed E-state index contributed by atoms with van der Waals surface area (Å²) in [6.07, 6.45) is 3.29. The number of rotatable bonds is 2. The zero-order chi connectivity index (χ0) is 14.1. The fraction of sp³-hybridized carbons (Fsp3) is 0.500. The summed E-state index contributed by atoms with van der Waals surface area (Å²) in [7, 11) is 1.41. The monoisotopic (exact) mass is 276 g/mol. The van der Waals surface area contributed by atoms with E-state index in [1.165, 1.54) is 7.11 Å². The average molecular weight is 276 g/mol. The second-order valence-electron chi connectivity index (χ2n) is 4.81. The Hall–Kier alpha value is -2.38. The molecule has 1 fully saturated rings. The van der Waals surface area contributed by atoms with Gasteiger partial charge in [-0.15, -0.1) is 0 Å². The molecule has 3 rings (SSSR count). The van der Waals surface area contributed by atoms with Gasteiger partial charge in [-0.05, 0) is 12.8 Å². The molecule has 1 aliphatic rings. The molecule has 106 valence electrons. The summed E-state index contributed by atoms with van der Waals surface area (Å²) in [5.41, 5.74) is 6.99. The first-order valence-electron chi connectivity index (χ1n) is 6.48. The van der Waals surface area contributed by atoms with Crippen LogP contribution < -0.4 is 10.6 Å². The number of imidazole rings is 1. The maximum atomic E-state index is 11.7. The van der Waals surface area contributed by atoms with Crippen molar-refractivity contribution in [2.45, 2.75) is 12.8 Å². The minimum atomic E-state index is -0.183. The molecule has 8 heteroatoms. The van der Waals surface area contributed by atoms with E-state index in [0.29, 0.717) is 18.0 Å². The SMILES string of the molecule is COC(=O)C1CCCN(c2nc(N)nc3nc[nH]c23)C1. The summed E-state index contributed by atoms with van der Waals surface area (Å²) in [5.74, 6) is 0.555. The van der Waals surface area contributed by atoms with Crippen LogP contribution in [0.3, 0.4) is 0 Å². The molecule has 20 heavy (non-hydrogen) atoms. The molecule has 2 aromatic rings. The van der Waals surface area contributed by atoms with E-state index in [1.54, 1.807) is 6.33 Å². The number of nitrogens with two attached hydrogens (primary N) is 1. The number of piperidine rings is 1. The van der Waals surface area contributed by atoms with Crippen LogP contribution in [0.1, 0.15) is 12.8 Å². The van der Waals surface area contributed by atoms with Crippen LogP contribution in [-0.4, -0.2) is 46.1 Å². The summed E-state index contributed by atoms with van der Waals surface area (Å²) >= 11 is 0. The third-order valence-electron chi connectivity index (χ3n) is 3.54. The van der Waals surface area contributed by atoms with Gasteiger partial charge >= 0.3 is 5.97 Å². The summed E-state index contributed by atoms with van der Waals surface area (Å²) < 4.78 is 4.83. The third-order valence-corrected chi connectivity index (χ3v) is 3.54. The zero-order valence-corrected chi connectivity index (χ0v) is 11.2. The standard InChI is InChI=1S/C12H16N6O2/c1-20-11(19)7-3-2-4-18(5-7)10-8-9(15-6-14-8)16-12(13)17-10/h6-7H,2-5H2,1H3,(H3,13,14,15,16,17). The van der Waals surface area contributed by atoms with Crippen LogP contribution in [0, 0.1) is 5.92 Å². The number of aromatic nitrogens is 4. The van der Waals surface area contributed by atoms with Crippen molar-refractivity contribution in [3.05, 3.63) is 6.33 Å². The number of nitrogens with zero attached hydrogens (tertiary/aromatic N) is 4. The number of hydrogen-bond donors (Lipinski definition) is 2. The Labute approximate surface area is 115 Å². The number of nitrogens with one attached hydrogen (secondary N) is 1. The van der Waals surface area contributed by atoms with E-state index in [4.69, 9.17) is 10.5 Å². The molecule has 3 N–H and O–H groups in total. The molecule has 0 saturated carbocycles. The van der Waals surface area contributed by atoms with Gasteiger partial charge in [0.15, 0.2) is 11.5 Å². The second kappa shape index (κ2) is 4.95. The molecule has 0 aromatic carbocycles. The molecule has 3 heterocycles. The lowest BCUT2D eigenvalue weighted by Crippen LogP contribution is -2.39. The van der Waals surface area contributed by atoms with Crippen molar-refractivity contribution in [1.82, 2.24) is 19.9 Å². The summed E-state index contributed by atoms with van der Waals surface area (Å²) in [6.45, 7) is 1.38. The van der Waals surface area contributed by atoms with E-state index in [9.17, 15) is 4.79 Å². The Kier molecular flexibility index (Phi) is 3.13. The number of anilines is 2. The number of nitrogen functional groups attached to an aromatic ring is 1. The molecule has 0 aliphatic carbocycles. The highest BCUT2D eigenvalue weighted by Gasteiger charge is 2.28. The lowest BCUT2D eigenvalue weighted by molar-refractivity contribution is -0.145. The van der Waals surface area contributed by atoms with Crippen LogP contribution in [-0.2, 0) is 9.53 Å². The fourth-order valence-electron chi connectivity index (χ4n) is 2.59. The van der Waals surface area contributed by atoms with Gasteiger partial charge in [0, 0.05) is 13.1 Å². The van der Waals surface area contributed by atoms with Gasteiger partial charge in [-0.25, -0.2) is 4.98 Å². The number of carbonyl (C=O) groups excluding carboxylic acids is 1. The van der Waals surface area contributed by atoms with Crippen molar-refractivity contribution in [2.24, 2.45) is 5.92 Å². The number of methoxy groups -OCH3 is 1. The Morgan fingerprint density at radius 3 is 3.20 bits per heavy atom. The minimum absolute atomic E-state index is 0.136. The molecule has 0 radical (unpaired) electrons. The van der Waals surface area contributed by atoms with Crippen LogP contribution in [0.25, 0.3) is 11.2 Å². The van der Waals surface area contributed by atoms with Gasteiger partial charge in [0.25, 0.3) is 0 Å². The van der Waals surface area contributed by atoms with Gasteiger partial charge in [-0.2, -0.15) is 9.97 Å². The van der Waals surface area contributed by atoms with Crippen LogP contribution in [0.4, 0.5) is 11.8 Å². The number of esters is 1. The third kappa shape index (κ3) is 2.13. The first-order valence-corrected chi connectivity index (χ1v) is 6.48. The Balaban J connectivity index is 1.94. The molecular weight excluding hydrogens is 260 g/mol. The van der Waals surface area contributed by atoms with Crippen molar-refractivity contribution in [2.75, 3.05) is 30.8 Å². The van der Waals surface area contributed by atoms with Crippen LogP contribution >= 0.6 is 0 Å². The van der Waals surface area contributed by atoms with Crippen molar-refractivity contribution in [3.63, 3.8) is 0 Å². The van der Waals surface area contributed by atoms with Gasteiger partial charge in [0.2, 0.25) is 5.95 Å². The highest BCUT2D eigenvalue weighted by atomic mass is 16.5. The largest absolute Gasteiger partial charge is 0.469 e. The van der Waals surface area contributed by atoms with Crippen LogP contribution in [0.15, 0.2) is 6.33 Å². The molecule has 0 spiro atoms. The van der Waals surface area contributed by atoms with Gasteiger partial charge in [0.05, 0.1) is 19.4 Å². The van der Waals surface area contributed by atoms with Gasteiger partial charge in [-0.3, -0.25) is 4.79 Å². The normalized spacial score (nSPS) is 19.2. The summed E-state index contributed by atoms with van der Waals surface area (Å²) in [6, 6.07) is 0. The van der Waals surface area contributed by atoms with Gasteiger partial charge < -0.3 is 20.4 Å². The van der Waals surface area contributed by atoms with Gasteiger partial charge in [-0.1, -0.05) is 0 Å². The van der Waals surface area contributed by atoms with Crippen molar-refractivity contribution >= 4 is 28.9 Å². The van der Waals surface area contributed by atoms with E-state index in [-0.39, 0.29) is 17.8 Å². The first-order chi connectivity index (χ1) is 9.69. The quantitative estimate of drug-likeness (QED) is 0.760. The lowest BCUT2D eigenvalue weighted by atomic mass is 9.98. The van der Waals surface area contributed by atoms with Crippen molar-refractivity contribution in [1.29, 1.82) is 0 Å². The molecule has 1 atom stereocenters. The van der Waals surface area contributed by atoms with E-state index in [0.717, 1.165) is 24.9 Å². The molecule has 8 nitrogen and oxygen atoms in total. The molecule has 0 amide bonds. The predicted octanol–water partition coefficient (Wildman–Crippen LogP) is 0.324. The highest BCUT2D eigenvalue weighted by molar-refractivity contribution is 5.84. The van der Waals surface area contributed by atoms with E-state index in [2.05, 4.69) is 19.9 Å². The Bertz CT molecular complexity index is 640. The summed E-state index contributed by atoms with van der Waals surface area (Å²) in [4.78, 5) is 29.2. The number of hydrogen-bond acceptors (Lipinski definition) is 7. The van der Waals surface area contributed by atoms with Crippen molar-refractivity contribution in [3.8, 4) is 0 Å². The molecule has 1 aliphatic heterocycles. The fourth-order valence-corrected chi connectivity index (χ4v) is 2.59. The maximum absolute atomic E-state index is 11.7. The minimum Gasteiger partial charge on any atom is -0.469 e. The average Bonchev–Trinajstić information content (AvgIpc) is 2.93.